The second kappa shape index (κ2) is 7.95. The third kappa shape index (κ3) is 4.85. The smallest absolute Gasteiger partial charge is 0.237 e. The van der Waals surface area contributed by atoms with E-state index in [0.29, 0.717) is 6.54 Å². The van der Waals surface area contributed by atoms with Crippen LogP contribution in [0.2, 0.25) is 0 Å². The van der Waals surface area contributed by atoms with Crippen molar-refractivity contribution in [2.24, 2.45) is 0 Å². The Morgan fingerprint density at radius 1 is 1.50 bits per heavy atom. The number of rotatable bonds is 7. The van der Waals surface area contributed by atoms with Crippen molar-refractivity contribution < 1.29 is 4.79 Å². The van der Waals surface area contributed by atoms with E-state index in [4.69, 9.17) is 0 Å². The molecule has 0 radical (unpaired) electrons. The number of anilines is 2. The molecular formula is C15H18N4OS2. The fraction of sp³-hybridized carbons (Fsp3) is 0.267. The number of nitrogens with one attached hydrogen (secondary N) is 2. The molecule has 2 N–H and O–H groups in total. The van der Waals surface area contributed by atoms with Gasteiger partial charge in [0.05, 0.1) is 5.25 Å². The Labute approximate surface area is 138 Å². The summed E-state index contributed by atoms with van der Waals surface area (Å²) in [5.74, 6) is -0.0496. The second-order valence-corrected chi connectivity index (χ2v) is 7.23. The summed E-state index contributed by atoms with van der Waals surface area (Å²) in [5.41, 5.74) is 1.92. The van der Waals surface area contributed by atoms with Gasteiger partial charge < -0.3 is 10.6 Å². The zero-order chi connectivity index (χ0) is 15.9. The maximum Gasteiger partial charge on any atom is 0.237 e. The molecule has 0 saturated heterocycles. The van der Waals surface area contributed by atoms with Gasteiger partial charge in [-0.3, -0.25) is 4.79 Å². The number of carbonyl (C=O) groups excluding carboxylic acids is 1. The molecule has 0 bridgehead atoms. The van der Waals surface area contributed by atoms with Gasteiger partial charge in [-0.2, -0.15) is 0 Å². The molecule has 1 aromatic carbocycles. The van der Waals surface area contributed by atoms with Crippen molar-refractivity contribution in [3.8, 4) is 0 Å². The molecule has 0 saturated carbocycles. The van der Waals surface area contributed by atoms with Gasteiger partial charge in [-0.1, -0.05) is 41.3 Å². The summed E-state index contributed by atoms with van der Waals surface area (Å²) < 4.78 is 0.762. The first-order valence-electron chi connectivity index (χ1n) is 6.81. The van der Waals surface area contributed by atoms with Crippen LogP contribution in [-0.4, -0.2) is 27.9 Å². The predicted molar refractivity (Wildman–Crippen MR) is 93.7 cm³/mol. The highest BCUT2D eigenvalue weighted by molar-refractivity contribution is 8.02. The van der Waals surface area contributed by atoms with E-state index in [2.05, 4.69) is 27.4 Å². The number of amides is 1. The van der Waals surface area contributed by atoms with Gasteiger partial charge >= 0.3 is 0 Å². The van der Waals surface area contributed by atoms with Crippen LogP contribution in [0.4, 0.5) is 10.8 Å². The Morgan fingerprint density at radius 2 is 2.32 bits per heavy atom. The molecule has 1 heterocycles. The molecule has 7 heteroatoms. The highest BCUT2D eigenvalue weighted by Gasteiger charge is 2.17. The third-order valence-electron chi connectivity index (χ3n) is 2.74. The average molecular weight is 334 g/mol. The molecule has 1 aromatic heterocycles. The number of aryl methyl sites for hydroxylation is 1. The minimum Gasteiger partial charge on any atom is -0.357 e. The number of aromatic nitrogens is 2. The van der Waals surface area contributed by atoms with E-state index >= 15 is 0 Å². The van der Waals surface area contributed by atoms with Crippen molar-refractivity contribution in [1.82, 2.24) is 10.2 Å². The molecule has 0 aliphatic carbocycles. The SMILES string of the molecule is C=CCNc1nnc(SC(C)C(=O)Nc2cccc(C)c2)s1. The van der Waals surface area contributed by atoms with Gasteiger partial charge in [0, 0.05) is 12.2 Å². The number of benzene rings is 1. The molecule has 2 rings (SSSR count). The van der Waals surface area contributed by atoms with Gasteiger partial charge in [-0.15, -0.1) is 16.8 Å². The quantitative estimate of drug-likeness (QED) is 0.598. The third-order valence-corrected chi connectivity index (χ3v) is 4.80. The van der Waals surface area contributed by atoms with Crippen LogP contribution in [0.3, 0.4) is 0 Å². The summed E-state index contributed by atoms with van der Waals surface area (Å²) in [6, 6.07) is 7.74. The maximum atomic E-state index is 12.2. The van der Waals surface area contributed by atoms with Crippen LogP contribution in [0.1, 0.15) is 12.5 Å². The topological polar surface area (TPSA) is 66.9 Å². The highest BCUT2D eigenvalue weighted by atomic mass is 32.2. The van der Waals surface area contributed by atoms with Crippen LogP contribution in [0.25, 0.3) is 0 Å². The molecule has 1 amide bonds. The Balaban J connectivity index is 1.90. The molecule has 0 aliphatic heterocycles. The van der Waals surface area contributed by atoms with Crippen LogP contribution < -0.4 is 10.6 Å². The molecule has 0 aliphatic rings. The summed E-state index contributed by atoms with van der Waals surface area (Å²) in [5, 5.41) is 14.6. The number of hydrogen-bond acceptors (Lipinski definition) is 6. The van der Waals surface area contributed by atoms with Crippen molar-refractivity contribution in [2.75, 3.05) is 17.2 Å². The van der Waals surface area contributed by atoms with Gasteiger partial charge in [0.25, 0.3) is 0 Å². The Hall–Kier alpha value is -1.86. The fourth-order valence-electron chi connectivity index (χ4n) is 1.66. The van der Waals surface area contributed by atoms with E-state index < -0.39 is 0 Å². The molecular weight excluding hydrogens is 316 g/mol. The van der Waals surface area contributed by atoms with Crippen molar-refractivity contribution in [1.29, 1.82) is 0 Å². The van der Waals surface area contributed by atoms with Crippen LogP contribution in [0, 0.1) is 6.92 Å². The summed E-state index contributed by atoms with van der Waals surface area (Å²) >= 11 is 2.83. The first kappa shape index (κ1) is 16.5. The lowest BCUT2D eigenvalue weighted by Gasteiger charge is -2.10. The molecule has 0 spiro atoms. The first-order chi connectivity index (χ1) is 10.6. The number of hydrogen-bond donors (Lipinski definition) is 2. The molecule has 116 valence electrons. The Morgan fingerprint density at radius 3 is 3.05 bits per heavy atom. The minimum absolute atomic E-state index is 0.0496. The lowest BCUT2D eigenvalue weighted by molar-refractivity contribution is -0.115. The van der Waals surface area contributed by atoms with Gasteiger partial charge in [0.2, 0.25) is 11.0 Å². The minimum atomic E-state index is -0.249. The Kier molecular flexibility index (Phi) is 5.97. The van der Waals surface area contributed by atoms with E-state index in [0.717, 1.165) is 20.7 Å². The summed E-state index contributed by atoms with van der Waals surface area (Å²) in [7, 11) is 0. The van der Waals surface area contributed by atoms with Crippen molar-refractivity contribution in [3.63, 3.8) is 0 Å². The zero-order valence-corrected chi connectivity index (χ0v) is 14.1. The van der Waals surface area contributed by atoms with E-state index in [9.17, 15) is 4.79 Å². The lowest BCUT2D eigenvalue weighted by atomic mass is 10.2. The lowest BCUT2D eigenvalue weighted by Crippen LogP contribution is -2.22. The number of thioether (sulfide) groups is 1. The standard InChI is InChI=1S/C15H18N4OS2/c1-4-8-16-14-18-19-15(22-14)21-11(3)13(20)17-12-7-5-6-10(2)9-12/h4-7,9,11H,1,8H2,2-3H3,(H,16,18)(H,17,20). The summed E-state index contributed by atoms with van der Waals surface area (Å²) in [6.45, 7) is 8.13. The van der Waals surface area contributed by atoms with Crippen molar-refractivity contribution in [2.45, 2.75) is 23.4 Å². The second-order valence-electron chi connectivity index (χ2n) is 4.66. The molecule has 5 nitrogen and oxygen atoms in total. The van der Waals surface area contributed by atoms with Gasteiger partial charge in [0.1, 0.15) is 0 Å². The number of nitrogens with zero attached hydrogens (tertiary/aromatic N) is 2. The van der Waals surface area contributed by atoms with Crippen LogP contribution in [-0.2, 0) is 4.79 Å². The monoisotopic (exact) mass is 334 g/mol. The molecule has 2 aromatic rings. The van der Waals surface area contributed by atoms with Gasteiger partial charge in [0.15, 0.2) is 4.34 Å². The zero-order valence-electron chi connectivity index (χ0n) is 12.5. The Bertz CT molecular complexity index is 656. The molecule has 22 heavy (non-hydrogen) atoms. The fourth-order valence-corrected chi connectivity index (χ4v) is 3.56. The number of carbonyl (C=O) groups is 1. The summed E-state index contributed by atoms with van der Waals surface area (Å²) in [6.07, 6.45) is 1.76. The van der Waals surface area contributed by atoms with E-state index in [-0.39, 0.29) is 11.2 Å². The molecule has 1 atom stereocenters. The summed E-state index contributed by atoms with van der Waals surface area (Å²) in [4.78, 5) is 12.2. The van der Waals surface area contributed by atoms with Crippen LogP contribution in [0.5, 0.6) is 0 Å². The van der Waals surface area contributed by atoms with E-state index in [1.54, 1.807) is 6.08 Å². The molecule has 1 unspecified atom stereocenters. The van der Waals surface area contributed by atoms with Gasteiger partial charge in [-0.05, 0) is 31.5 Å². The van der Waals surface area contributed by atoms with Crippen molar-refractivity contribution in [3.05, 3.63) is 42.5 Å². The molecule has 0 fully saturated rings. The predicted octanol–water partition coefficient (Wildman–Crippen LogP) is 3.56. The van der Waals surface area contributed by atoms with Crippen LogP contribution in [0.15, 0.2) is 41.3 Å². The highest BCUT2D eigenvalue weighted by Crippen LogP contribution is 2.29. The normalized spacial score (nSPS) is 11.7. The first-order valence-corrected chi connectivity index (χ1v) is 8.50. The van der Waals surface area contributed by atoms with E-state index in [1.165, 1.54) is 23.1 Å². The average Bonchev–Trinajstić information content (AvgIpc) is 2.92. The maximum absolute atomic E-state index is 12.2. The van der Waals surface area contributed by atoms with Crippen molar-refractivity contribution >= 4 is 39.8 Å². The largest absolute Gasteiger partial charge is 0.357 e. The van der Waals surface area contributed by atoms with E-state index in [1.807, 2.05) is 38.1 Å². The van der Waals surface area contributed by atoms with Crippen LogP contribution >= 0.6 is 23.1 Å². The van der Waals surface area contributed by atoms with Gasteiger partial charge in [-0.25, -0.2) is 0 Å².